The van der Waals surface area contributed by atoms with Crippen LogP contribution < -0.4 is 4.74 Å². The average molecular weight is 232 g/mol. The summed E-state index contributed by atoms with van der Waals surface area (Å²) in [5.41, 5.74) is 0. The Bertz CT molecular complexity index is 388. The van der Waals surface area contributed by atoms with Crippen LogP contribution in [0.3, 0.4) is 0 Å². The zero-order valence-corrected chi connectivity index (χ0v) is 7.90. The summed E-state index contributed by atoms with van der Waals surface area (Å²) in [4.78, 5) is 11.2. The van der Waals surface area contributed by atoms with Crippen molar-refractivity contribution in [3.63, 3.8) is 0 Å². The van der Waals surface area contributed by atoms with Gasteiger partial charge in [0.2, 0.25) is 0 Å². The fourth-order valence-corrected chi connectivity index (χ4v) is 1.20. The Kier molecular flexibility index (Phi) is 2.59. The Balaban J connectivity index is 1.92. The molecule has 0 bridgehead atoms. The molecule has 0 aliphatic carbocycles. The SMILES string of the molecule is O=C(Oc1ccccc1)C1OC1C(F)(F)F. The van der Waals surface area contributed by atoms with Crippen LogP contribution in [0, 0.1) is 0 Å². The van der Waals surface area contributed by atoms with E-state index in [-0.39, 0.29) is 5.75 Å². The highest BCUT2D eigenvalue weighted by Gasteiger charge is 2.62. The molecule has 6 heteroatoms. The van der Waals surface area contributed by atoms with Crippen LogP contribution in [-0.4, -0.2) is 24.4 Å². The molecule has 0 radical (unpaired) electrons. The summed E-state index contributed by atoms with van der Waals surface area (Å²) in [6, 6.07) is 7.87. The van der Waals surface area contributed by atoms with Gasteiger partial charge in [-0.25, -0.2) is 4.79 Å². The standard InChI is InChI=1S/C10H7F3O3/c11-10(12,13)8-7(16-8)9(14)15-6-4-2-1-3-5-6/h1-5,7-8H. The number of hydrogen-bond acceptors (Lipinski definition) is 3. The number of rotatable bonds is 2. The predicted octanol–water partition coefficient (Wildman–Crippen LogP) is 1.92. The molecular formula is C10H7F3O3. The van der Waals surface area contributed by atoms with Crippen LogP contribution in [-0.2, 0) is 9.53 Å². The molecule has 1 aromatic rings. The van der Waals surface area contributed by atoms with E-state index >= 15 is 0 Å². The number of benzene rings is 1. The first-order valence-electron chi connectivity index (χ1n) is 4.47. The van der Waals surface area contributed by atoms with Crippen molar-refractivity contribution in [2.45, 2.75) is 18.4 Å². The second kappa shape index (κ2) is 3.79. The molecule has 2 unspecified atom stereocenters. The van der Waals surface area contributed by atoms with Crippen molar-refractivity contribution in [2.75, 3.05) is 0 Å². The van der Waals surface area contributed by atoms with E-state index in [2.05, 4.69) is 4.74 Å². The van der Waals surface area contributed by atoms with Crippen molar-refractivity contribution in [3.05, 3.63) is 30.3 Å². The highest BCUT2D eigenvalue weighted by molar-refractivity contribution is 5.80. The summed E-state index contributed by atoms with van der Waals surface area (Å²) < 4.78 is 45.1. The molecule has 1 aliphatic heterocycles. The molecule has 3 nitrogen and oxygen atoms in total. The zero-order valence-electron chi connectivity index (χ0n) is 7.90. The van der Waals surface area contributed by atoms with Crippen LogP contribution >= 0.6 is 0 Å². The maximum atomic E-state index is 12.1. The number of carbonyl (C=O) groups is 1. The number of carbonyl (C=O) groups excluding carboxylic acids is 1. The molecule has 2 atom stereocenters. The van der Waals surface area contributed by atoms with Crippen LogP contribution in [0.1, 0.15) is 0 Å². The molecule has 0 N–H and O–H groups in total. The fraction of sp³-hybridized carbons (Fsp3) is 0.300. The van der Waals surface area contributed by atoms with E-state index in [0.29, 0.717) is 0 Å². The van der Waals surface area contributed by atoms with Gasteiger partial charge in [0, 0.05) is 0 Å². The molecule has 1 aliphatic rings. The number of esters is 1. The van der Waals surface area contributed by atoms with Crippen molar-refractivity contribution in [3.8, 4) is 5.75 Å². The van der Waals surface area contributed by atoms with Gasteiger partial charge in [-0.3, -0.25) is 0 Å². The van der Waals surface area contributed by atoms with Crippen LogP contribution in [0.5, 0.6) is 5.75 Å². The minimum Gasteiger partial charge on any atom is -0.425 e. The van der Waals surface area contributed by atoms with Crippen molar-refractivity contribution >= 4 is 5.97 Å². The van der Waals surface area contributed by atoms with Crippen LogP contribution in [0.15, 0.2) is 30.3 Å². The van der Waals surface area contributed by atoms with Crippen molar-refractivity contribution in [1.82, 2.24) is 0 Å². The highest BCUT2D eigenvalue weighted by Crippen LogP contribution is 2.38. The minimum atomic E-state index is -4.51. The second-order valence-electron chi connectivity index (χ2n) is 3.25. The predicted molar refractivity (Wildman–Crippen MR) is 46.8 cm³/mol. The van der Waals surface area contributed by atoms with Crippen LogP contribution in [0.25, 0.3) is 0 Å². The third kappa shape index (κ3) is 2.33. The van der Waals surface area contributed by atoms with E-state index in [1.807, 2.05) is 0 Å². The molecule has 1 fully saturated rings. The van der Waals surface area contributed by atoms with E-state index in [9.17, 15) is 18.0 Å². The topological polar surface area (TPSA) is 38.8 Å². The van der Waals surface area contributed by atoms with Gasteiger partial charge in [0.05, 0.1) is 0 Å². The van der Waals surface area contributed by atoms with Gasteiger partial charge in [-0.1, -0.05) is 18.2 Å². The molecule has 16 heavy (non-hydrogen) atoms. The Morgan fingerprint density at radius 2 is 1.88 bits per heavy atom. The molecule has 0 amide bonds. The van der Waals surface area contributed by atoms with Crippen molar-refractivity contribution in [2.24, 2.45) is 0 Å². The van der Waals surface area contributed by atoms with Crippen molar-refractivity contribution < 1.29 is 27.4 Å². The summed E-state index contributed by atoms with van der Waals surface area (Å²) in [6.07, 6.45) is -8.07. The number of halogens is 3. The molecule has 1 aromatic carbocycles. The van der Waals surface area contributed by atoms with Crippen LogP contribution in [0.2, 0.25) is 0 Å². The number of epoxide rings is 1. The molecule has 1 saturated heterocycles. The number of alkyl halides is 3. The Morgan fingerprint density at radius 3 is 2.38 bits per heavy atom. The second-order valence-corrected chi connectivity index (χ2v) is 3.25. The first kappa shape index (κ1) is 10.9. The quantitative estimate of drug-likeness (QED) is 0.444. The monoisotopic (exact) mass is 232 g/mol. The van der Waals surface area contributed by atoms with Gasteiger partial charge in [-0.2, -0.15) is 13.2 Å². The van der Waals surface area contributed by atoms with E-state index in [1.54, 1.807) is 18.2 Å². The molecule has 0 aromatic heterocycles. The first-order chi connectivity index (χ1) is 7.48. The van der Waals surface area contributed by atoms with Gasteiger partial charge in [0.15, 0.2) is 12.2 Å². The molecular weight excluding hydrogens is 225 g/mol. The molecule has 1 heterocycles. The van der Waals surface area contributed by atoms with E-state index in [0.717, 1.165) is 0 Å². The summed E-state index contributed by atoms with van der Waals surface area (Å²) >= 11 is 0. The lowest BCUT2D eigenvalue weighted by atomic mass is 10.3. The molecule has 0 spiro atoms. The van der Waals surface area contributed by atoms with Crippen LogP contribution in [0.4, 0.5) is 13.2 Å². The van der Waals surface area contributed by atoms with Gasteiger partial charge >= 0.3 is 12.1 Å². The summed E-state index contributed by atoms with van der Waals surface area (Å²) in [5.74, 6) is -0.822. The Labute approximate surface area is 88.8 Å². The highest BCUT2D eigenvalue weighted by atomic mass is 19.4. The lowest BCUT2D eigenvalue weighted by molar-refractivity contribution is -0.148. The van der Waals surface area contributed by atoms with E-state index in [1.165, 1.54) is 12.1 Å². The Hall–Kier alpha value is -1.56. The number of hydrogen-bond donors (Lipinski definition) is 0. The number of para-hydroxylation sites is 1. The average Bonchev–Trinajstić information content (AvgIpc) is 2.97. The number of ether oxygens (including phenoxy) is 2. The van der Waals surface area contributed by atoms with Crippen molar-refractivity contribution in [1.29, 1.82) is 0 Å². The largest absolute Gasteiger partial charge is 0.425 e. The van der Waals surface area contributed by atoms with Gasteiger partial charge in [-0.05, 0) is 12.1 Å². The molecule has 2 rings (SSSR count). The first-order valence-corrected chi connectivity index (χ1v) is 4.47. The minimum absolute atomic E-state index is 0.198. The summed E-state index contributed by atoms with van der Waals surface area (Å²) in [5, 5.41) is 0. The Morgan fingerprint density at radius 1 is 1.25 bits per heavy atom. The van der Waals surface area contributed by atoms with Gasteiger partial charge < -0.3 is 9.47 Å². The fourth-order valence-electron chi connectivity index (χ4n) is 1.20. The lowest BCUT2D eigenvalue weighted by Gasteiger charge is -2.02. The summed E-state index contributed by atoms with van der Waals surface area (Å²) in [6.45, 7) is 0. The van der Waals surface area contributed by atoms with Gasteiger partial charge in [0.1, 0.15) is 5.75 Å². The van der Waals surface area contributed by atoms with Gasteiger partial charge in [0.25, 0.3) is 0 Å². The van der Waals surface area contributed by atoms with Gasteiger partial charge in [-0.15, -0.1) is 0 Å². The smallest absolute Gasteiger partial charge is 0.417 e. The third-order valence-electron chi connectivity index (χ3n) is 2.01. The lowest BCUT2D eigenvalue weighted by Crippen LogP contribution is -2.25. The molecule has 86 valence electrons. The van der Waals surface area contributed by atoms with E-state index < -0.39 is 24.4 Å². The van der Waals surface area contributed by atoms with E-state index in [4.69, 9.17) is 4.74 Å². The normalized spacial score (nSPS) is 23.9. The maximum absolute atomic E-state index is 12.1. The maximum Gasteiger partial charge on any atom is 0.417 e. The summed E-state index contributed by atoms with van der Waals surface area (Å²) in [7, 11) is 0. The molecule has 0 saturated carbocycles. The zero-order chi connectivity index (χ0) is 11.8. The third-order valence-corrected chi connectivity index (χ3v) is 2.01.